The maximum Gasteiger partial charge on any atom is 0.217 e. The first-order valence-corrected chi connectivity index (χ1v) is 10.7. The third kappa shape index (κ3) is 22.8. The fraction of sp³-hybridized carbons (Fsp3) is 0.750. The highest BCUT2D eigenvalue weighted by Gasteiger charge is 1.94. The van der Waals surface area contributed by atoms with Gasteiger partial charge in [-0.25, -0.2) is 0 Å². The quantitative estimate of drug-likeness (QED) is 0.303. The lowest BCUT2D eigenvalue weighted by atomic mass is 10.1. The van der Waals surface area contributed by atoms with Crippen LogP contribution in [0, 0.1) is 0 Å². The number of nitrogens with two attached hydrogens (primary N) is 1. The second-order valence-electron chi connectivity index (χ2n) is 6.39. The lowest BCUT2D eigenvalue weighted by Gasteiger charge is -1.99. The number of carbonyl (C=O) groups is 1. The molecule has 0 aliphatic rings. The summed E-state index contributed by atoms with van der Waals surface area (Å²) in [7, 11) is 0. The highest BCUT2D eigenvalue weighted by molar-refractivity contribution is 7.03. The van der Waals surface area contributed by atoms with Crippen molar-refractivity contribution >= 4 is 17.4 Å². The van der Waals surface area contributed by atoms with Crippen LogP contribution in [0.5, 0.6) is 0 Å². The van der Waals surface area contributed by atoms with Gasteiger partial charge in [-0.2, -0.15) is 0 Å². The van der Waals surface area contributed by atoms with Gasteiger partial charge in [0.1, 0.15) is 0 Å². The number of allylic oxidation sites excluding steroid dienone is 2. The molecular formula is C20H37N3OS. The average Bonchev–Trinajstić information content (AvgIpc) is 3.18. The van der Waals surface area contributed by atoms with Gasteiger partial charge >= 0.3 is 0 Å². The maximum absolute atomic E-state index is 10.5. The van der Waals surface area contributed by atoms with E-state index in [-0.39, 0.29) is 5.91 Å². The van der Waals surface area contributed by atoms with Gasteiger partial charge < -0.3 is 5.73 Å². The van der Waals surface area contributed by atoms with Gasteiger partial charge in [0.05, 0.1) is 6.20 Å². The Morgan fingerprint density at radius 1 is 0.920 bits per heavy atom. The number of aromatic nitrogens is 2. The Hall–Kier alpha value is -1.23. The summed E-state index contributed by atoms with van der Waals surface area (Å²) in [6.07, 6.45) is 23.6. The molecule has 0 fully saturated rings. The Morgan fingerprint density at radius 2 is 1.48 bits per heavy atom. The van der Waals surface area contributed by atoms with Gasteiger partial charge in [0, 0.05) is 11.8 Å². The average molecular weight is 368 g/mol. The third-order valence-electron chi connectivity index (χ3n) is 3.97. The highest BCUT2D eigenvalue weighted by atomic mass is 32.1. The van der Waals surface area contributed by atoms with Crippen molar-refractivity contribution in [3.63, 3.8) is 0 Å². The standard InChI is InChI=1S/C18H35NO.C2H2N2S/c1-2-3-4-5-6-7-8-9-10-11-12-13-14-15-16-17-18(19)20;1-2-5-4-3-1/h9-10H,2-8,11-17H2,1H3,(H2,19,20);1-2H. The first-order chi connectivity index (χ1) is 12.3. The fourth-order valence-corrected chi connectivity index (χ4v) is 2.78. The maximum atomic E-state index is 10.5. The normalized spacial score (nSPS) is 10.6. The minimum Gasteiger partial charge on any atom is -0.370 e. The summed E-state index contributed by atoms with van der Waals surface area (Å²) in [6.45, 7) is 2.26. The zero-order valence-electron chi connectivity index (χ0n) is 16.0. The summed E-state index contributed by atoms with van der Waals surface area (Å²) in [5, 5.41) is 5.31. The molecule has 0 saturated carbocycles. The molecule has 1 rings (SSSR count). The minimum absolute atomic E-state index is 0.164. The van der Waals surface area contributed by atoms with Crippen molar-refractivity contribution in [2.24, 2.45) is 5.73 Å². The van der Waals surface area contributed by atoms with E-state index in [0.29, 0.717) is 6.42 Å². The van der Waals surface area contributed by atoms with E-state index in [1.807, 2.05) is 5.38 Å². The number of hydrogen-bond donors (Lipinski definition) is 1. The molecule has 0 radical (unpaired) electrons. The second-order valence-corrected chi connectivity index (χ2v) is 7.03. The number of nitrogens with zero attached hydrogens (tertiary/aromatic N) is 2. The largest absolute Gasteiger partial charge is 0.370 e. The van der Waals surface area contributed by atoms with Crippen LogP contribution in [-0.4, -0.2) is 15.5 Å². The van der Waals surface area contributed by atoms with Crippen LogP contribution in [0.15, 0.2) is 23.7 Å². The summed E-state index contributed by atoms with van der Waals surface area (Å²) < 4.78 is 3.51. The van der Waals surface area contributed by atoms with E-state index < -0.39 is 0 Å². The molecule has 0 unspecified atom stereocenters. The monoisotopic (exact) mass is 367 g/mol. The Morgan fingerprint density at radius 3 is 1.92 bits per heavy atom. The first-order valence-electron chi connectivity index (χ1n) is 9.91. The zero-order chi connectivity index (χ0) is 18.4. The number of amides is 1. The van der Waals surface area contributed by atoms with Crippen molar-refractivity contribution in [3.05, 3.63) is 23.7 Å². The van der Waals surface area contributed by atoms with Crippen molar-refractivity contribution in [1.29, 1.82) is 0 Å². The molecule has 0 atom stereocenters. The van der Waals surface area contributed by atoms with Crippen LogP contribution >= 0.6 is 11.5 Å². The molecular weight excluding hydrogens is 330 g/mol. The van der Waals surface area contributed by atoms with Gasteiger partial charge in [0.15, 0.2) is 0 Å². The van der Waals surface area contributed by atoms with E-state index in [2.05, 4.69) is 28.7 Å². The molecule has 0 aliphatic heterocycles. The van der Waals surface area contributed by atoms with E-state index in [4.69, 9.17) is 5.73 Å². The van der Waals surface area contributed by atoms with E-state index in [1.54, 1.807) is 6.20 Å². The van der Waals surface area contributed by atoms with Crippen LogP contribution in [0.2, 0.25) is 0 Å². The van der Waals surface area contributed by atoms with E-state index in [0.717, 1.165) is 12.8 Å². The smallest absolute Gasteiger partial charge is 0.217 e. The molecule has 1 aromatic heterocycles. The summed E-state index contributed by atoms with van der Waals surface area (Å²) in [5.41, 5.74) is 5.10. The molecule has 0 saturated heterocycles. The molecule has 1 heterocycles. The Balaban J connectivity index is 0.000000972. The van der Waals surface area contributed by atoms with Crippen LogP contribution in [0.1, 0.15) is 96.8 Å². The van der Waals surface area contributed by atoms with Crippen LogP contribution in [-0.2, 0) is 4.79 Å². The second kappa shape index (κ2) is 20.8. The minimum atomic E-state index is -0.164. The van der Waals surface area contributed by atoms with Crippen LogP contribution in [0.25, 0.3) is 0 Å². The number of rotatable bonds is 15. The van der Waals surface area contributed by atoms with Gasteiger partial charge in [-0.3, -0.25) is 4.79 Å². The predicted molar refractivity (Wildman–Crippen MR) is 109 cm³/mol. The Labute approximate surface area is 158 Å². The molecule has 0 aromatic carbocycles. The van der Waals surface area contributed by atoms with Gasteiger partial charge in [0.25, 0.3) is 0 Å². The van der Waals surface area contributed by atoms with E-state index in [9.17, 15) is 4.79 Å². The lowest BCUT2D eigenvalue weighted by Crippen LogP contribution is -2.09. The van der Waals surface area contributed by atoms with Crippen molar-refractivity contribution in [2.75, 3.05) is 0 Å². The van der Waals surface area contributed by atoms with Crippen LogP contribution < -0.4 is 5.73 Å². The van der Waals surface area contributed by atoms with Gasteiger partial charge in [-0.15, -0.1) is 5.10 Å². The number of primary amides is 1. The SMILES string of the molecule is CCCCCCCCC=CCCCCCCCC(N)=O.c1csnn1. The molecule has 1 amide bonds. The first kappa shape index (κ1) is 23.8. The zero-order valence-corrected chi connectivity index (χ0v) is 16.8. The summed E-state index contributed by atoms with van der Waals surface area (Å²) in [5.74, 6) is -0.164. The Bertz CT molecular complexity index is 376. The summed E-state index contributed by atoms with van der Waals surface area (Å²) in [4.78, 5) is 10.5. The number of unbranched alkanes of at least 4 members (excludes halogenated alkanes) is 11. The van der Waals surface area contributed by atoms with Crippen molar-refractivity contribution in [2.45, 2.75) is 96.8 Å². The molecule has 0 bridgehead atoms. The van der Waals surface area contributed by atoms with Crippen LogP contribution in [0.4, 0.5) is 0 Å². The molecule has 144 valence electrons. The number of carbonyl (C=O) groups excluding carboxylic acids is 1. The molecule has 5 heteroatoms. The van der Waals surface area contributed by atoms with E-state index >= 15 is 0 Å². The lowest BCUT2D eigenvalue weighted by molar-refractivity contribution is -0.118. The van der Waals surface area contributed by atoms with Crippen molar-refractivity contribution in [1.82, 2.24) is 9.59 Å². The van der Waals surface area contributed by atoms with Crippen molar-refractivity contribution < 1.29 is 4.79 Å². The number of hydrogen-bond acceptors (Lipinski definition) is 4. The summed E-state index contributed by atoms with van der Waals surface area (Å²) in [6, 6.07) is 0. The molecule has 1 aromatic rings. The van der Waals surface area contributed by atoms with Gasteiger partial charge in [-0.1, -0.05) is 74.9 Å². The molecule has 2 N–H and O–H groups in total. The van der Waals surface area contributed by atoms with Crippen molar-refractivity contribution in [3.8, 4) is 0 Å². The third-order valence-corrected chi connectivity index (χ3v) is 4.40. The van der Waals surface area contributed by atoms with Crippen LogP contribution in [0.3, 0.4) is 0 Å². The fourth-order valence-electron chi connectivity index (χ4n) is 2.51. The molecule has 25 heavy (non-hydrogen) atoms. The van der Waals surface area contributed by atoms with E-state index in [1.165, 1.54) is 82.2 Å². The molecule has 0 aliphatic carbocycles. The summed E-state index contributed by atoms with van der Waals surface area (Å²) >= 11 is 1.35. The molecule has 4 nitrogen and oxygen atoms in total. The predicted octanol–water partition coefficient (Wildman–Crippen LogP) is 6.05. The van der Waals surface area contributed by atoms with Gasteiger partial charge in [-0.05, 0) is 43.6 Å². The molecule has 0 spiro atoms. The highest BCUT2D eigenvalue weighted by Crippen LogP contribution is 2.09. The Kier molecular flexibility index (Phi) is 19.8. The topological polar surface area (TPSA) is 68.9 Å². The van der Waals surface area contributed by atoms with Gasteiger partial charge in [0.2, 0.25) is 5.91 Å².